The summed E-state index contributed by atoms with van der Waals surface area (Å²) < 4.78 is 4.96. The quantitative estimate of drug-likeness (QED) is 0.811. The number of rotatable bonds is 5. The Balaban J connectivity index is 2.72. The molecule has 0 saturated heterocycles. The standard InChI is InChI=1S/C11H16N2O4/c1-4-7(11(15)16)12-10(14)8-5-9(6(2)3)17-13-8/h5-7H,4H2,1-3H3,(H,12,14)(H,15,16). The van der Waals surface area contributed by atoms with Crippen molar-refractivity contribution in [2.45, 2.75) is 39.2 Å². The van der Waals surface area contributed by atoms with E-state index < -0.39 is 17.9 Å². The number of hydrogen-bond acceptors (Lipinski definition) is 4. The van der Waals surface area contributed by atoms with Crippen molar-refractivity contribution in [3.8, 4) is 0 Å². The second kappa shape index (κ2) is 5.47. The van der Waals surface area contributed by atoms with Crippen LogP contribution in [0, 0.1) is 0 Å². The van der Waals surface area contributed by atoms with Crippen molar-refractivity contribution in [2.75, 3.05) is 0 Å². The average Bonchev–Trinajstić information content (AvgIpc) is 2.74. The summed E-state index contributed by atoms with van der Waals surface area (Å²) in [6.07, 6.45) is 0.315. The minimum absolute atomic E-state index is 0.105. The van der Waals surface area contributed by atoms with E-state index in [2.05, 4.69) is 10.5 Å². The number of hydrogen-bond donors (Lipinski definition) is 2. The molecule has 1 unspecified atom stereocenters. The number of amides is 1. The number of carboxylic acids is 1. The average molecular weight is 240 g/mol. The minimum atomic E-state index is -1.06. The van der Waals surface area contributed by atoms with Gasteiger partial charge in [-0.25, -0.2) is 4.79 Å². The normalized spacial score (nSPS) is 12.5. The summed E-state index contributed by atoms with van der Waals surface area (Å²) in [4.78, 5) is 22.4. The highest BCUT2D eigenvalue weighted by Gasteiger charge is 2.21. The second-order valence-electron chi connectivity index (χ2n) is 4.04. The summed E-state index contributed by atoms with van der Waals surface area (Å²) in [6.45, 7) is 5.50. The van der Waals surface area contributed by atoms with Crippen LogP contribution < -0.4 is 5.32 Å². The van der Waals surface area contributed by atoms with E-state index in [1.807, 2.05) is 13.8 Å². The third kappa shape index (κ3) is 3.30. The lowest BCUT2D eigenvalue weighted by Crippen LogP contribution is -2.40. The molecule has 6 heteroatoms. The van der Waals surface area contributed by atoms with Gasteiger partial charge in [0.25, 0.3) is 5.91 Å². The largest absolute Gasteiger partial charge is 0.480 e. The smallest absolute Gasteiger partial charge is 0.326 e. The number of carbonyl (C=O) groups is 2. The molecule has 2 N–H and O–H groups in total. The summed E-state index contributed by atoms with van der Waals surface area (Å²) in [5, 5.41) is 14.8. The van der Waals surface area contributed by atoms with Gasteiger partial charge >= 0.3 is 5.97 Å². The van der Waals surface area contributed by atoms with Crippen LogP contribution >= 0.6 is 0 Å². The van der Waals surface area contributed by atoms with Crippen molar-refractivity contribution in [1.29, 1.82) is 0 Å². The van der Waals surface area contributed by atoms with Gasteiger partial charge in [0.2, 0.25) is 0 Å². The van der Waals surface area contributed by atoms with Crippen LogP contribution in [0.1, 0.15) is 49.4 Å². The Morgan fingerprint density at radius 2 is 2.18 bits per heavy atom. The van der Waals surface area contributed by atoms with E-state index in [-0.39, 0.29) is 11.6 Å². The van der Waals surface area contributed by atoms with Gasteiger partial charge in [-0.2, -0.15) is 0 Å². The van der Waals surface area contributed by atoms with E-state index in [9.17, 15) is 9.59 Å². The third-order valence-corrected chi connectivity index (χ3v) is 2.34. The molecule has 1 aromatic rings. The Morgan fingerprint density at radius 1 is 1.53 bits per heavy atom. The van der Waals surface area contributed by atoms with Crippen LogP contribution in [0.15, 0.2) is 10.6 Å². The van der Waals surface area contributed by atoms with Gasteiger partial charge in [-0.15, -0.1) is 0 Å². The van der Waals surface area contributed by atoms with Gasteiger partial charge in [0, 0.05) is 12.0 Å². The first kappa shape index (κ1) is 13.2. The van der Waals surface area contributed by atoms with Gasteiger partial charge in [0.1, 0.15) is 11.8 Å². The van der Waals surface area contributed by atoms with Crippen molar-refractivity contribution in [1.82, 2.24) is 10.5 Å². The molecule has 1 rings (SSSR count). The van der Waals surface area contributed by atoms with Gasteiger partial charge in [0.15, 0.2) is 5.69 Å². The van der Waals surface area contributed by atoms with Crippen LogP contribution in [0.2, 0.25) is 0 Å². The molecule has 17 heavy (non-hydrogen) atoms. The Bertz CT molecular complexity index is 411. The number of nitrogens with zero attached hydrogens (tertiary/aromatic N) is 1. The Labute approximate surface area is 99.0 Å². The fourth-order valence-corrected chi connectivity index (χ4v) is 1.24. The molecule has 0 aliphatic rings. The lowest BCUT2D eigenvalue weighted by molar-refractivity contribution is -0.139. The monoisotopic (exact) mass is 240 g/mol. The zero-order chi connectivity index (χ0) is 13.0. The molecule has 1 amide bonds. The SMILES string of the molecule is CCC(NC(=O)c1cc(C(C)C)on1)C(=O)O. The zero-order valence-corrected chi connectivity index (χ0v) is 10.1. The highest BCUT2D eigenvalue weighted by atomic mass is 16.5. The van der Waals surface area contributed by atoms with E-state index in [1.54, 1.807) is 6.92 Å². The molecule has 0 fully saturated rings. The molecule has 6 nitrogen and oxygen atoms in total. The van der Waals surface area contributed by atoms with Crippen molar-refractivity contribution < 1.29 is 19.2 Å². The molecule has 0 saturated carbocycles. The number of aromatic nitrogens is 1. The molecular formula is C11H16N2O4. The van der Waals surface area contributed by atoms with Crippen LogP contribution in [0.4, 0.5) is 0 Å². The van der Waals surface area contributed by atoms with E-state index in [0.717, 1.165) is 0 Å². The lowest BCUT2D eigenvalue weighted by atomic mass is 10.1. The topological polar surface area (TPSA) is 92.4 Å². The molecule has 1 heterocycles. The highest BCUT2D eigenvalue weighted by molar-refractivity contribution is 5.94. The zero-order valence-electron chi connectivity index (χ0n) is 10.1. The van der Waals surface area contributed by atoms with Gasteiger partial charge in [-0.1, -0.05) is 25.9 Å². The molecule has 0 aliphatic heterocycles. The maximum Gasteiger partial charge on any atom is 0.326 e. The van der Waals surface area contributed by atoms with Gasteiger partial charge in [-0.05, 0) is 6.42 Å². The van der Waals surface area contributed by atoms with Crippen molar-refractivity contribution in [3.63, 3.8) is 0 Å². The number of carbonyl (C=O) groups excluding carboxylic acids is 1. The van der Waals surface area contributed by atoms with E-state index >= 15 is 0 Å². The molecule has 1 aromatic heterocycles. The molecule has 1 atom stereocenters. The predicted octanol–water partition coefficient (Wildman–Crippen LogP) is 1.39. The maximum absolute atomic E-state index is 11.7. The molecule has 0 aliphatic carbocycles. The van der Waals surface area contributed by atoms with Crippen molar-refractivity contribution >= 4 is 11.9 Å². The van der Waals surface area contributed by atoms with E-state index in [1.165, 1.54) is 6.07 Å². The van der Waals surface area contributed by atoms with Crippen molar-refractivity contribution in [3.05, 3.63) is 17.5 Å². The summed E-state index contributed by atoms with van der Waals surface area (Å²) in [6, 6.07) is 0.621. The molecule has 0 radical (unpaired) electrons. The number of carboxylic acid groups (broad SMARTS) is 1. The summed E-state index contributed by atoms with van der Waals surface area (Å²) >= 11 is 0. The molecule has 0 bridgehead atoms. The molecule has 0 spiro atoms. The van der Waals surface area contributed by atoms with Gasteiger partial charge in [-0.3, -0.25) is 4.79 Å². The summed E-state index contributed by atoms with van der Waals surface area (Å²) in [5.74, 6) is -0.868. The van der Waals surface area contributed by atoms with E-state index in [0.29, 0.717) is 12.2 Å². The fourth-order valence-electron chi connectivity index (χ4n) is 1.24. The summed E-state index contributed by atoms with van der Waals surface area (Å²) in [5.41, 5.74) is 0.105. The highest BCUT2D eigenvalue weighted by Crippen LogP contribution is 2.14. The molecule has 94 valence electrons. The summed E-state index contributed by atoms with van der Waals surface area (Å²) in [7, 11) is 0. The second-order valence-corrected chi connectivity index (χ2v) is 4.04. The number of aliphatic carboxylic acids is 1. The first-order chi connectivity index (χ1) is 7.95. The fraction of sp³-hybridized carbons (Fsp3) is 0.545. The maximum atomic E-state index is 11.7. The first-order valence-electron chi connectivity index (χ1n) is 5.46. The Morgan fingerprint density at radius 3 is 2.59 bits per heavy atom. The first-order valence-corrected chi connectivity index (χ1v) is 5.46. The minimum Gasteiger partial charge on any atom is -0.480 e. The van der Waals surface area contributed by atoms with Crippen LogP contribution in [0.5, 0.6) is 0 Å². The third-order valence-electron chi connectivity index (χ3n) is 2.34. The Hall–Kier alpha value is -1.85. The molecule has 0 aromatic carbocycles. The van der Waals surface area contributed by atoms with Crippen LogP contribution in [0.3, 0.4) is 0 Å². The van der Waals surface area contributed by atoms with Crippen LogP contribution in [-0.4, -0.2) is 28.2 Å². The Kier molecular flexibility index (Phi) is 4.25. The lowest BCUT2D eigenvalue weighted by Gasteiger charge is -2.10. The van der Waals surface area contributed by atoms with Crippen LogP contribution in [0.25, 0.3) is 0 Å². The number of nitrogens with one attached hydrogen (secondary N) is 1. The van der Waals surface area contributed by atoms with E-state index in [4.69, 9.17) is 9.63 Å². The molecular weight excluding hydrogens is 224 g/mol. The van der Waals surface area contributed by atoms with Gasteiger partial charge < -0.3 is 14.9 Å². The van der Waals surface area contributed by atoms with Crippen molar-refractivity contribution in [2.24, 2.45) is 0 Å². The van der Waals surface area contributed by atoms with Crippen LogP contribution in [-0.2, 0) is 4.79 Å². The predicted molar refractivity (Wildman–Crippen MR) is 59.8 cm³/mol. The van der Waals surface area contributed by atoms with Gasteiger partial charge in [0.05, 0.1) is 0 Å².